The molecule has 0 amide bonds. The third kappa shape index (κ3) is 6.24. The Balaban J connectivity index is 0.00000272. The number of rotatable bonds is 7. The van der Waals surface area contributed by atoms with Gasteiger partial charge in [0.2, 0.25) is 0 Å². The van der Waals surface area contributed by atoms with E-state index in [1.807, 2.05) is 4.68 Å². The van der Waals surface area contributed by atoms with Gasteiger partial charge < -0.3 is 20.1 Å². The summed E-state index contributed by atoms with van der Waals surface area (Å²) in [6.45, 7) is 8.77. The van der Waals surface area contributed by atoms with Gasteiger partial charge in [0.25, 0.3) is 0 Å². The van der Waals surface area contributed by atoms with Crippen molar-refractivity contribution in [2.75, 3.05) is 58.0 Å². The van der Waals surface area contributed by atoms with Crippen LogP contribution in [0.3, 0.4) is 0 Å². The quantitative estimate of drug-likeness (QED) is 0.289. The van der Waals surface area contributed by atoms with Gasteiger partial charge in [0.15, 0.2) is 11.8 Å². The number of hydrogen-bond donors (Lipinski definition) is 2. The zero-order valence-corrected chi connectivity index (χ0v) is 21.8. The van der Waals surface area contributed by atoms with Crippen LogP contribution in [0.1, 0.15) is 31.4 Å². The molecule has 2 unspecified atom stereocenters. The lowest BCUT2D eigenvalue weighted by Gasteiger charge is -2.42. The second kappa shape index (κ2) is 12.0. The summed E-state index contributed by atoms with van der Waals surface area (Å²) in [5.74, 6) is 5.10. The lowest BCUT2D eigenvalue weighted by Crippen LogP contribution is -2.56. The van der Waals surface area contributed by atoms with Gasteiger partial charge in [-0.15, -0.1) is 24.0 Å². The summed E-state index contributed by atoms with van der Waals surface area (Å²) < 4.78 is 12.8. The van der Waals surface area contributed by atoms with Crippen molar-refractivity contribution >= 4 is 41.7 Å². The third-order valence-corrected chi connectivity index (χ3v) is 7.39. The number of morpholine rings is 1. The van der Waals surface area contributed by atoms with E-state index in [2.05, 4.69) is 44.3 Å². The standard InChI is InChI=1S/C20H35N7O2S.HI/c1-3-21-19(22-14-20(6-11-30-15-20)26-7-9-29-10-8-26)23-16-4-5-18-24-17(13-28-2)25-27(18)12-16;/h16H,3-15H2,1-2H3,(H2,21,22,23);1H. The minimum atomic E-state index is 0. The molecular weight excluding hydrogens is 529 g/mol. The van der Waals surface area contributed by atoms with Gasteiger partial charge in [0.05, 0.1) is 31.8 Å². The van der Waals surface area contributed by atoms with Crippen molar-refractivity contribution in [2.45, 2.75) is 50.9 Å². The van der Waals surface area contributed by atoms with E-state index in [1.165, 1.54) is 12.2 Å². The molecule has 0 aliphatic carbocycles. The highest BCUT2D eigenvalue weighted by Crippen LogP contribution is 2.34. The van der Waals surface area contributed by atoms with Crippen LogP contribution in [0.2, 0.25) is 0 Å². The van der Waals surface area contributed by atoms with Crippen LogP contribution in [0.5, 0.6) is 0 Å². The largest absolute Gasteiger partial charge is 0.379 e. The summed E-state index contributed by atoms with van der Waals surface area (Å²) in [5.41, 5.74) is 0.164. The van der Waals surface area contributed by atoms with Gasteiger partial charge >= 0.3 is 0 Å². The molecule has 2 saturated heterocycles. The van der Waals surface area contributed by atoms with Gasteiger partial charge in [-0.3, -0.25) is 9.89 Å². The number of hydrogen-bond acceptors (Lipinski definition) is 7. The van der Waals surface area contributed by atoms with Gasteiger partial charge in [-0.25, -0.2) is 9.67 Å². The average Bonchev–Trinajstić information content (AvgIpc) is 3.40. The summed E-state index contributed by atoms with van der Waals surface area (Å²) in [4.78, 5) is 12.3. The van der Waals surface area contributed by atoms with Crippen molar-refractivity contribution in [1.82, 2.24) is 30.3 Å². The molecule has 4 heterocycles. The zero-order chi connectivity index (χ0) is 20.8. The molecule has 4 rings (SSSR count). The Bertz CT molecular complexity index is 720. The number of ether oxygens (including phenoxy) is 2. The van der Waals surface area contributed by atoms with E-state index in [1.54, 1.807) is 7.11 Å². The maximum absolute atomic E-state index is 5.58. The number of halogens is 1. The van der Waals surface area contributed by atoms with Gasteiger partial charge in [0.1, 0.15) is 12.4 Å². The Labute approximate surface area is 206 Å². The van der Waals surface area contributed by atoms with Crippen molar-refractivity contribution in [2.24, 2.45) is 4.99 Å². The fourth-order valence-corrected chi connectivity index (χ4v) is 5.98. The SMILES string of the molecule is CCNC(=NCC1(N2CCOCC2)CCSC1)NC1CCc2nc(COC)nn2C1.I. The molecule has 0 bridgehead atoms. The van der Waals surface area contributed by atoms with Crippen molar-refractivity contribution in [1.29, 1.82) is 0 Å². The number of nitrogens with one attached hydrogen (secondary N) is 2. The Morgan fingerprint density at radius 3 is 2.94 bits per heavy atom. The summed E-state index contributed by atoms with van der Waals surface area (Å²) in [6, 6.07) is 0.296. The van der Waals surface area contributed by atoms with E-state index in [0.717, 1.165) is 82.1 Å². The fraction of sp³-hybridized carbons (Fsp3) is 0.850. The normalized spacial score (nSPS) is 26.9. The monoisotopic (exact) mass is 565 g/mol. The van der Waals surface area contributed by atoms with Gasteiger partial charge in [-0.2, -0.15) is 16.9 Å². The molecule has 1 aromatic heterocycles. The number of aryl methyl sites for hydroxylation is 1. The number of thioether (sulfide) groups is 1. The molecule has 0 aromatic carbocycles. The van der Waals surface area contributed by atoms with Crippen molar-refractivity contribution in [3.05, 3.63) is 11.6 Å². The number of nitrogens with zero attached hydrogens (tertiary/aromatic N) is 5. The number of guanidine groups is 1. The van der Waals surface area contributed by atoms with E-state index in [0.29, 0.717) is 12.6 Å². The average molecular weight is 566 g/mol. The molecule has 2 atom stereocenters. The predicted molar refractivity (Wildman–Crippen MR) is 134 cm³/mol. The molecule has 2 fully saturated rings. The van der Waals surface area contributed by atoms with E-state index in [4.69, 9.17) is 14.5 Å². The molecule has 1 aromatic rings. The van der Waals surface area contributed by atoms with Gasteiger partial charge in [0, 0.05) is 45.0 Å². The number of fused-ring (bicyclic) bond motifs is 1. The molecule has 3 aliphatic rings. The summed E-state index contributed by atoms with van der Waals surface area (Å²) >= 11 is 2.05. The number of aromatic nitrogens is 3. The summed E-state index contributed by atoms with van der Waals surface area (Å²) in [7, 11) is 1.68. The minimum Gasteiger partial charge on any atom is -0.379 e. The maximum Gasteiger partial charge on any atom is 0.191 e. The zero-order valence-electron chi connectivity index (χ0n) is 18.6. The van der Waals surface area contributed by atoms with E-state index in [9.17, 15) is 0 Å². The van der Waals surface area contributed by atoms with Crippen LogP contribution in [0.25, 0.3) is 0 Å². The summed E-state index contributed by atoms with van der Waals surface area (Å²) in [6.07, 6.45) is 3.15. The highest BCUT2D eigenvalue weighted by atomic mass is 127. The third-order valence-electron chi connectivity index (χ3n) is 6.16. The predicted octanol–water partition coefficient (Wildman–Crippen LogP) is 1.12. The second-order valence-electron chi connectivity index (χ2n) is 8.26. The van der Waals surface area contributed by atoms with Crippen LogP contribution >= 0.6 is 35.7 Å². The maximum atomic E-state index is 5.58. The Hall–Kier alpha value is -0.630. The van der Waals surface area contributed by atoms with E-state index in [-0.39, 0.29) is 29.5 Å². The molecule has 3 aliphatic heterocycles. The van der Waals surface area contributed by atoms with Crippen LogP contribution < -0.4 is 10.6 Å². The van der Waals surface area contributed by atoms with Crippen molar-refractivity contribution in [3.8, 4) is 0 Å². The molecule has 11 heteroatoms. The van der Waals surface area contributed by atoms with Gasteiger partial charge in [-0.1, -0.05) is 0 Å². The molecule has 31 heavy (non-hydrogen) atoms. The molecular formula is C20H36IN7O2S. The van der Waals surface area contributed by atoms with Crippen LogP contribution in [0, 0.1) is 0 Å². The van der Waals surface area contributed by atoms with Crippen molar-refractivity contribution in [3.63, 3.8) is 0 Å². The highest BCUT2D eigenvalue weighted by molar-refractivity contribution is 14.0. The number of methoxy groups -OCH3 is 1. The highest BCUT2D eigenvalue weighted by Gasteiger charge is 2.40. The molecule has 0 spiro atoms. The van der Waals surface area contributed by atoms with Gasteiger partial charge in [-0.05, 0) is 25.5 Å². The first-order valence-electron chi connectivity index (χ1n) is 11.1. The first kappa shape index (κ1) is 25.0. The topological polar surface area (TPSA) is 88.8 Å². The van der Waals surface area contributed by atoms with E-state index < -0.39 is 0 Å². The first-order valence-corrected chi connectivity index (χ1v) is 12.2. The first-order chi connectivity index (χ1) is 14.7. The molecule has 176 valence electrons. The number of aliphatic imine (C=N–C) groups is 1. The lowest BCUT2D eigenvalue weighted by molar-refractivity contribution is -0.0104. The minimum absolute atomic E-state index is 0. The molecule has 0 radical (unpaired) electrons. The fourth-order valence-electron chi connectivity index (χ4n) is 4.52. The van der Waals surface area contributed by atoms with Crippen molar-refractivity contribution < 1.29 is 9.47 Å². The summed E-state index contributed by atoms with van der Waals surface area (Å²) in [5, 5.41) is 11.7. The molecule has 2 N–H and O–H groups in total. The Morgan fingerprint density at radius 2 is 2.23 bits per heavy atom. The van der Waals surface area contributed by atoms with Crippen LogP contribution in [-0.4, -0.2) is 95.2 Å². The second-order valence-corrected chi connectivity index (χ2v) is 9.37. The smallest absolute Gasteiger partial charge is 0.191 e. The molecule has 0 saturated carbocycles. The van der Waals surface area contributed by atoms with Crippen LogP contribution in [-0.2, 0) is 29.0 Å². The van der Waals surface area contributed by atoms with Crippen LogP contribution in [0.15, 0.2) is 4.99 Å². The van der Waals surface area contributed by atoms with E-state index >= 15 is 0 Å². The molecule has 9 nitrogen and oxygen atoms in total. The lowest BCUT2D eigenvalue weighted by atomic mass is 9.96. The Kier molecular flexibility index (Phi) is 9.68. The Morgan fingerprint density at radius 1 is 1.39 bits per heavy atom. The van der Waals surface area contributed by atoms with Crippen LogP contribution in [0.4, 0.5) is 0 Å².